The topological polar surface area (TPSA) is 35.1 Å². The van der Waals surface area contributed by atoms with Gasteiger partial charge in [-0.25, -0.2) is 4.39 Å². The number of benzene rings is 2. The van der Waals surface area contributed by atoms with Crippen LogP contribution in [0.4, 0.5) is 4.39 Å². The average molecular weight is 384 g/mol. The Bertz CT molecular complexity index is 630. The lowest BCUT2D eigenvalue weighted by Crippen LogP contribution is -2.41. The first-order chi connectivity index (χ1) is 10.3. The van der Waals surface area contributed by atoms with Gasteiger partial charge in [-0.3, -0.25) is 0 Å². The van der Waals surface area contributed by atoms with E-state index in [4.69, 9.17) is 0 Å². The van der Waals surface area contributed by atoms with Crippen LogP contribution in [0.5, 0.6) is 0 Å². The summed E-state index contributed by atoms with van der Waals surface area (Å²) >= 11 is 1.90. The van der Waals surface area contributed by atoms with E-state index >= 15 is 0 Å². The molecule has 0 aliphatic carbocycles. The molecule has 0 aromatic heterocycles. The lowest BCUT2D eigenvalue weighted by molar-refractivity contribution is 0.535. The normalized spacial score (nSPS) is 14.6. The van der Waals surface area contributed by atoms with Crippen LogP contribution in [-0.2, 0) is 11.4 Å². The molecule has 22 heavy (non-hydrogen) atoms. The van der Waals surface area contributed by atoms with Crippen molar-refractivity contribution >= 4 is 27.3 Å². The predicted octanol–water partition coefficient (Wildman–Crippen LogP) is 4.73. The maximum atomic E-state index is 13.9. The van der Waals surface area contributed by atoms with Crippen LogP contribution in [0.25, 0.3) is 0 Å². The van der Waals surface area contributed by atoms with E-state index in [1.807, 2.05) is 57.2 Å². The maximum absolute atomic E-state index is 13.9. The molecule has 0 aliphatic rings. The molecule has 0 bridgehead atoms. The van der Waals surface area contributed by atoms with Crippen molar-refractivity contribution in [3.63, 3.8) is 0 Å². The molecule has 118 valence electrons. The summed E-state index contributed by atoms with van der Waals surface area (Å²) in [5.74, 6) is -0.332. The smallest absolute Gasteiger partial charge is 0.137 e. The van der Waals surface area contributed by atoms with Crippen LogP contribution in [0, 0.1) is 5.82 Å². The van der Waals surface area contributed by atoms with Gasteiger partial charge in [-0.15, -0.1) is 4.72 Å². The maximum Gasteiger partial charge on any atom is 0.137 e. The Balaban J connectivity index is 2.39. The van der Waals surface area contributed by atoms with Gasteiger partial charge in [0, 0.05) is 11.4 Å². The molecule has 2 nitrogen and oxygen atoms in total. The largest absolute Gasteiger partial charge is 0.598 e. The molecule has 5 heteroatoms. The van der Waals surface area contributed by atoms with Gasteiger partial charge in [-0.05, 0) is 60.0 Å². The molecule has 0 spiro atoms. The zero-order valence-corrected chi connectivity index (χ0v) is 15.2. The molecule has 0 saturated heterocycles. The van der Waals surface area contributed by atoms with Crippen molar-refractivity contribution in [2.24, 2.45) is 0 Å². The average Bonchev–Trinajstić information content (AvgIpc) is 2.47. The van der Waals surface area contributed by atoms with Gasteiger partial charge in [0.1, 0.15) is 16.6 Å². The van der Waals surface area contributed by atoms with E-state index in [-0.39, 0.29) is 11.9 Å². The van der Waals surface area contributed by atoms with Crippen molar-refractivity contribution in [1.82, 2.24) is 4.72 Å². The van der Waals surface area contributed by atoms with Gasteiger partial charge in [0.2, 0.25) is 0 Å². The lowest BCUT2D eigenvalue weighted by Gasteiger charge is -2.28. The van der Waals surface area contributed by atoms with Gasteiger partial charge in [0.25, 0.3) is 0 Å². The van der Waals surface area contributed by atoms with Gasteiger partial charge < -0.3 is 4.55 Å². The lowest BCUT2D eigenvalue weighted by atomic mass is 10.00. The summed E-state index contributed by atoms with van der Waals surface area (Å²) in [6.07, 6.45) is 0. The molecular formula is C17H19BrFNOS. The van der Waals surface area contributed by atoms with E-state index in [9.17, 15) is 8.94 Å². The van der Waals surface area contributed by atoms with E-state index in [2.05, 4.69) is 20.7 Å². The number of nitrogens with one attached hydrogen (secondary N) is 1. The SMILES string of the molecule is CC(C)(C)[S+]([O-])N[C@@H](c1ccccc1)c1ccc(Br)c(F)c1. The quantitative estimate of drug-likeness (QED) is 0.774. The molecule has 0 saturated carbocycles. The Morgan fingerprint density at radius 1 is 1.09 bits per heavy atom. The predicted molar refractivity (Wildman–Crippen MR) is 93.4 cm³/mol. The highest BCUT2D eigenvalue weighted by Crippen LogP contribution is 2.28. The molecule has 1 N–H and O–H groups in total. The summed E-state index contributed by atoms with van der Waals surface area (Å²) in [6, 6.07) is 14.3. The van der Waals surface area contributed by atoms with Crippen LogP contribution in [0.3, 0.4) is 0 Å². The van der Waals surface area contributed by atoms with E-state index in [1.54, 1.807) is 6.07 Å². The molecule has 0 amide bonds. The third-order valence-electron chi connectivity index (χ3n) is 3.19. The van der Waals surface area contributed by atoms with Gasteiger partial charge in [0.05, 0.1) is 4.47 Å². The minimum absolute atomic E-state index is 0.330. The molecule has 0 heterocycles. The highest BCUT2D eigenvalue weighted by molar-refractivity contribution is 9.10. The molecule has 2 aromatic rings. The third-order valence-corrected chi connectivity index (χ3v) is 5.40. The van der Waals surface area contributed by atoms with Crippen molar-refractivity contribution in [1.29, 1.82) is 0 Å². The minimum atomic E-state index is -1.26. The van der Waals surface area contributed by atoms with Crippen LogP contribution in [0.15, 0.2) is 53.0 Å². The number of rotatable bonds is 4. The van der Waals surface area contributed by atoms with E-state index in [0.717, 1.165) is 11.1 Å². The second-order valence-corrected chi connectivity index (χ2v) is 8.87. The summed E-state index contributed by atoms with van der Waals surface area (Å²) < 4.78 is 29.5. The van der Waals surface area contributed by atoms with Gasteiger partial charge in [-0.1, -0.05) is 36.4 Å². The van der Waals surface area contributed by atoms with Gasteiger partial charge >= 0.3 is 0 Å². The fraction of sp³-hybridized carbons (Fsp3) is 0.294. The summed E-state index contributed by atoms with van der Waals surface area (Å²) in [7, 11) is 0. The van der Waals surface area contributed by atoms with Crippen LogP contribution in [-0.4, -0.2) is 9.30 Å². The third kappa shape index (κ3) is 4.32. The van der Waals surface area contributed by atoms with Crippen molar-refractivity contribution in [2.45, 2.75) is 31.6 Å². The highest BCUT2D eigenvalue weighted by atomic mass is 79.9. The Hall–Kier alpha value is -0.880. The first-order valence-corrected chi connectivity index (χ1v) is 8.91. The molecular weight excluding hydrogens is 365 g/mol. The molecule has 1 unspecified atom stereocenters. The first-order valence-electron chi connectivity index (χ1n) is 6.97. The van der Waals surface area contributed by atoms with E-state index in [1.165, 1.54) is 6.07 Å². The Labute approximate surface area is 142 Å². The zero-order chi connectivity index (χ0) is 16.3. The van der Waals surface area contributed by atoms with E-state index in [0.29, 0.717) is 4.47 Å². The summed E-state index contributed by atoms with van der Waals surface area (Å²) in [6.45, 7) is 5.71. The molecule has 0 radical (unpaired) electrons. The summed E-state index contributed by atoms with van der Waals surface area (Å²) in [5.41, 5.74) is 1.69. The zero-order valence-electron chi connectivity index (χ0n) is 12.8. The fourth-order valence-corrected chi connectivity index (χ4v) is 3.04. The summed E-state index contributed by atoms with van der Waals surface area (Å²) in [5, 5.41) is 0. The fourth-order valence-electron chi connectivity index (χ4n) is 1.95. The Kier molecular flexibility index (Phi) is 5.66. The number of hydrogen-bond donors (Lipinski definition) is 1. The Morgan fingerprint density at radius 2 is 1.73 bits per heavy atom. The van der Waals surface area contributed by atoms with Crippen molar-refractivity contribution in [3.8, 4) is 0 Å². The first kappa shape index (κ1) is 17.5. The number of halogens is 2. The highest BCUT2D eigenvalue weighted by Gasteiger charge is 2.30. The van der Waals surface area contributed by atoms with Crippen molar-refractivity contribution in [3.05, 3.63) is 69.9 Å². The van der Waals surface area contributed by atoms with Crippen molar-refractivity contribution < 1.29 is 8.94 Å². The summed E-state index contributed by atoms with van der Waals surface area (Å²) in [4.78, 5) is 0. The van der Waals surface area contributed by atoms with Gasteiger partial charge in [0.15, 0.2) is 0 Å². The second kappa shape index (κ2) is 7.13. The minimum Gasteiger partial charge on any atom is -0.598 e. The van der Waals surface area contributed by atoms with Crippen LogP contribution < -0.4 is 4.72 Å². The van der Waals surface area contributed by atoms with Crippen molar-refractivity contribution in [2.75, 3.05) is 0 Å². The molecule has 2 atom stereocenters. The molecule has 0 fully saturated rings. The standard InChI is InChI=1S/C17H19BrFNOS/c1-17(2,3)22(21)20-16(12-7-5-4-6-8-12)13-9-10-14(18)15(19)11-13/h4-11,16,20H,1-3H3/t16-,22?/m0/s1. The van der Waals surface area contributed by atoms with Gasteiger partial charge in [-0.2, -0.15) is 0 Å². The molecule has 0 aliphatic heterocycles. The Morgan fingerprint density at radius 3 is 2.27 bits per heavy atom. The molecule has 2 rings (SSSR count). The van der Waals surface area contributed by atoms with E-state index < -0.39 is 16.1 Å². The number of hydrogen-bond acceptors (Lipinski definition) is 2. The van der Waals surface area contributed by atoms with Crippen LogP contribution >= 0.6 is 15.9 Å². The monoisotopic (exact) mass is 383 g/mol. The second-order valence-electron chi connectivity index (χ2n) is 6.02. The van der Waals surface area contributed by atoms with Crippen LogP contribution in [0.1, 0.15) is 37.9 Å². The van der Waals surface area contributed by atoms with Crippen LogP contribution in [0.2, 0.25) is 0 Å². The molecule has 2 aromatic carbocycles.